The van der Waals surface area contributed by atoms with Gasteiger partial charge in [0, 0.05) is 12.1 Å². The van der Waals surface area contributed by atoms with E-state index in [1.807, 2.05) is 6.07 Å². The van der Waals surface area contributed by atoms with Crippen LogP contribution in [0.2, 0.25) is 0 Å². The van der Waals surface area contributed by atoms with E-state index in [-0.39, 0.29) is 5.92 Å². The smallest absolute Gasteiger partial charge is 0.148 e. The molecule has 0 aromatic carbocycles. The molecular weight excluding hydrogens is 212 g/mol. The van der Waals surface area contributed by atoms with Crippen LogP contribution in [-0.2, 0) is 6.42 Å². The van der Waals surface area contributed by atoms with Gasteiger partial charge in [0.15, 0.2) is 0 Å². The molecule has 1 aromatic heterocycles. The van der Waals surface area contributed by atoms with Crippen molar-refractivity contribution in [1.29, 1.82) is 0 Å². The zero-order valence-corrected chi connectivity index (χ0v) is 9.73. The Morgan fingerprint density at radius 3 is 2.94 bits per heavy atom. The standard InChI is InChI=1S/C14H16N2O/c1-3-12-11(8-15)7-10-5-6-16-9-14(10)17-13(12)4-2/h3-6,9,11H,1-2,7-8,15H2. The molecule has 1 aliphatic heterocycles. The van der Waals surface area contributed by atoms with E-state index in [0.717, 1.165) is 29.1 Å². The summed E-state index contributed by atoms with van der Waals surface area (Å²) in [5.41, 5.74) is 7.96. The SMILES string of the molecule is C=CC1=C(C=C)C(CN)Cc2ccncc2O1. The Balaban J connectivity index is 2.51. The lowest BCUT2D eigenvalue weighted by molar-refractivity contribution is 0.436. The zero-order chi connectivity index (χ0) is 12.3. The first-order valence-electron chi connectivity index (χ1n) is 5.60. The Labute approximate surface area is 101 Å². The van der Waals surface area contributed by atoms with Gasteiger partial charge in [-0.25, -0.2) is 0 Å². The van der Waals surface area contributed by atoms with Crippen LogP contribution >= 0.6 is 0 Å². The Kier molecular flexibility index (Phi) is 3.40. The van der Waals surface area contributed by atoms with Crippen LogP contribution in [0.15, 0.2) is 55.1 Å². The molecule has 0 aliphatic carbocycles. The summed E-state index contributed by atoms with van der Waals surface area (Å²) in [4.78, 5) is 4.07. The van der Waals surface area contributed by atoms with Crippen LogP contribution in [0.3, 0.4) is 0 Å². The Hall–Kier alpha value is -1.87. The van der Waals surface area contributed by atoms with Crippen LogP contribution in [0.1, 0.15) is 5.56 Å². The van der Waals surface area contributed by atoms with E-state index in [4.69, 9.17) is 10.5 Å². The van der Waals surface area contributed by atoms with Gasteiger partial charge in [0.25, 0.3) is 0 Å². The van der Waals surface area contributed by atoms with Crippen LogP contribution in [0.4, 0.5) is 0 Å². The van der Waals surface area contributed by atoms with Crippen LogP contribution in [-0.4, -0.2) is 11.5 Å². The van der Waals surface area contributed by atoms with Crippen molar-refractivity contribution in [3.63, 3.8) is 0 Å². The van der Waals surface area contributed by atoms with Crippen LogP contribution in [0, 0.1) is 5.92 Å². The molecule has 3 heteroatoms. The van der Waals surface area contributed by atoms with E-state index in [2.05, 4.69) is 18.1 Å². The maximum atomic E-state index is 5.83. The third-order valence-corrected chi connectivity index (χ3v) is 2.97. The quantitative estimate of drug-likeness (QED) is 0.863. The van der Waals surface area contributed by atoms with Crippen molar-refractivity contribution >= 4 is 0 Å². The van der Waals surface area contributed by atoms with Crippen molar-refractivity contribution in [2.75, 3.05) is 6.54 Å². The van der Waals surface area contributed by atoms with E-state index in [1.165, 1.54) is 0 Å². The average molecular weight is 228 g/mol. The molecule has 0 bridgehead atoms. The van der Waals surface area contributed by atoms with Gasteiger partial charge < -0.3 is 10.5 Å². The van der Waals surface area contributed by atoms with E-state index >= 15 is 0 Å². The number of allylic oxidation sites excluding steroid dienone is 2. The Morgan fingerprint density at radius 2 is 2.29 bits per heavy atom. The number of hydrogen-bond acceptors (Lipinski definition) is 3. The van der Waals surface area contributed by atoms with E-state index < -0.39 is 0 Å². The highest BCUT2D eigenvalue weighted by Crippen LogP contribution is 2.31. The summed E-state index contributed by atoms with van der Waals surface area (Å²) in [6.45, 7) is 8.16. The van der Waals surface area contributed by atoms with Gasteiger partial charge in [-0.2, -0.15) is 0 Å². The second kappa shape index (κ2) is 4.97. The van der Waals surface area contributed by atoms with Crippen LogP contribution in [0.25, 0.3) is 0 Å². The van der Waals surface area contributed by atoms with Crippen molar-refractivity contribution in [3.8, 4) is 5.75 Å². The second-order valence-electron chi connectivity index (χ2n) is 3.95. The molecule has 17 heavy (non-hydrogen) atoms. The fourth-order valence-corrected chi connectivity index (χ4v) is 2.06. The van der Waals surface area contributed by atoms with Gasteiger partial charge in [0.05, 0.1) is 6.20 Å². The summed E-state index contributed by atoms with van der Waals surface area (Å²) in [5, 5.41) is 0. The van der Waals surface area contributed by atoms with Crippen molar-refractivity contribution in [1.82, 2.24) is 4.98 Å². The summed E-state index contributed by atoms with van der Waals surface area (Å²) >= 11 is 0. The Morgan fingerprint density at radius 1 is 1.47 bits per heavy atom. The molecule has 2 N–H and O–H groups in total. The zero-order valence-electron chi connectivity index (χ0n) is 9.73. The summed E-state index contributed by atoms with van der Waals surface area (Å²) in [7, 11) is 0. The lowest BCUT2D eigenvalue weighted by Crippen LogP contribution is -2.18. The average Bonchev–Trinajstić information content (AvgIpc) is 2.53. The van der Waals surface area contributed by atoms with Crippen molar-refractivity contribution in [3.05, 3.63) is 60.7 Å². The minimum absolute atomic E-state index is 0.212. The number of nitrogens with two attached hydrogens (primary N) is 1. The number of hydrogen-bond donors (Lipinski definition) is 1. The number of pyridine rings is 1. The van der Waals surface area contributed by atoms with E-state index in [9.17, 15) is 0 Å². The van der Waals surface area contributed by atoms with Gasteiger partial charge >= 0.3 is 0 Å². The predicted octanol–water partition coefficient (Wildman–Crippen LogP) is 2.22. The molecule has 0 radical (unpaired) electrons. The highest BCUT2D eigenvalue weighted by Gasteiger charge is 2.22. The molecule has 1 unspecified atom stereocenters. The molecule has 2 heterocycles. The summed E-state index contributed by atoms with van der Waals surface area (Å²) in [6.07, 6.45) is 7.82. The number of nitrogens with zero attached hydrogens (tertiary/aromatic N) is 1. The van der Waals surface area contributed by atoms with Crippen LogP contribution < -0.4 is 10.5 Å². The molecule has 88 valence electrons. The van der Waals surface area contributed by atoms with Gasteiger partial charge in [0.1, 0.15) is 11.5 Å². The maximum absolute atomic E-state index is 5.83. The maximum Gasteiger partial charge on any atom is 0.148 e. The van der Waals surface area contributed by atoms with Crippen molar-refractivity contribution in [2.45, 2.75) is 6.42 Å². The molecule has 0 spiro atoms. The summed E-state index contributed by atoms with van der Waals surface area (Å²) in [5.74, 6) is 1.71. The molecule has 1 aromatic rings. The Bertz CT molecular complexity index is 477. The van der Waals surface area contributed by atoms with Gasteiger partial charge in [-0.3, -0.25) is 4.98 Å². The van der Waals surface area contributed by atoms with Crippen LogP contribution in [0.5, 0.6) is 5.75 Å². The highest BCUT2D eigenvalue weighted by molar-refractivity contribution is 5.41. The number of ether oxygens (including phenoxy) is 1. The predicted molar refractivity (Wildman–Crippen MR) is 68.5 cm³/mol. The monoisotopic (exact) mass is 228 g/mol. The van der Waals surface area contributed by atoms with Crippen molar-refractivity contribution < 1.29 is 4.74 Å². The molecule has 0 saturated heterocycles. The molecule has 1 aliphatic rings. The molecule has 2 rings (SSSR count). The van der Waals surface area contributed by atoms with Crippen molar-refractivity contribution in [2.24, 2.45) is 11.7 Å². The largest absolute Gasteiger partial charge is 0.455 e. The van der Waals surface area contributed by atoms with Gasteiger partial charge in [-0.05, 0) is 36.2 Å². The third kappa shape index (κ3) is 2.15. The van der Waals surface area contributed by atoms with Gasteiger partial charge in [-0.15, -0.1) is 0 Å². The third-order valence-electron chi connectivity index (χ3n) is 2.97. The molecule has 0 saturated carbocycles. The van der Waals surface area contributed by atoms with E-state index in [1.54, 1.807) is 24.5 Å². The summed E-state index contributed by atoms with van der Waals surface area (Å²) < 4.78 is 5.81. The minimum atomic E-state index is 0.212. The lowest BCUT2D eigenvalue weighted by Gasteiger charge is -2.14. The van der Waals surface area contributed by atoms with E-state index in [0.29, 0.717) is 6.54 Å². The number of fused-ring (bicyclic) bond motifs is 1. The molecular formula is C14H16N2O. The topological polar surface area (TPSA) is 48.1 Å². The fraction of sp³-hybridized carbons (Fsp3) is 0.214. The lowest BCUT2D eigenvalue weighted by atomic mass is 9.92. The number of aromatic nitrogens is 1. The first kappa shape index (κ1) is 11.6. The molecule has 0 fully saturated rings. The summed E-state index contributed by atoms with van der Waals surface area (Å²) in [6, 6.07) is 1.96. The molecule has 0 amide bonds. The first-order valence-corrected chi connectivity index (χ1v) is 5.60. The molecule has 3 nitrogen and oxygen atoms in total. The van der Waals surface area contributed by atoms with Gasteiger partial charge in [0.2, 0.25) is 0 Å². The molecule has 1 atom stereocenters. The number of rotatable bonds is 3. The van der Waals surface area contributed by atoms with Gasteiger partial charge in [-0.1, -0.05) is 19.2 Å². The first-order chi connectivity index (χ1) is 8.30. The second-order valence-corrected chi connectivity index (χ2v) is 3.95. The highest BCUT2D eigenvalue weighted by atomic mass is 16.5. The minimum Gasteiger partial charge on any atom is -0.455 e. The normalized spacial score (nSPS) is 19.0. The fourth-order valence-electron chi connectivity index (χ4n) is 2.06.